The number of likely N-dealkylation sites (tertiary alicyclic amines) is 1. The Labute approximate surface area is 195 Å². The maximum absolute atomic E-state index is 13.3. The molecule has 3 aromatic carbocycles. The number of rotatable bonds is 8. The molecule has 1 heterocycles. The third kappa shape index (κ3) is 5.32. The Morgan fingerprint density at radius 2 is 1.52 bits per heavy atom. The highest BCUT2D eigenvalue weighted by atomic mass is 16.5. The zero-order valence-electron chi connectivity index (χ0n) is 19.0. The molecule has 0 bridgehead atoms. The van der Waals surface area contributed by atoms with Crippen LogP contribution in [-0.4, -0.2) is 28.8 Å². The molecule has 5 nitrogen and oxygen atoms in total. The van der Waals surface area contributed by atoms with E-state index in [1.54, 1.807) is 17.0 Å². The van der Waals surface area contributed by atoms with Gasteiger partial charge in [0.05, 0.1) is 13.2 Å². The summed E-state index contributed by atoms with van der Waals surface area (Å²) in [7, 11) is 0. The van der Waals surface area contributed by atoms with Crippen molar-refractivity contribution < 1.29 is 14.3 Å². The molecule has 1 aliphatic rings. The summed E-state index contributed by atoms with van der Waals surface area (Å²) in [6, 6.07) is 27.2. The van der Waals surface area contributed by atoms with Crippen molar-refractivity contribution in [1.29, 1.82) is 0 Å². The normalized spacial score (nSPS) is 17.7. The van der Waals surface area contributed by atoms with E-state index < -0.39 is 5.54 Å². The highest BCUT2D eigenvalue weighted by molar-refractivity contribution is 5.99. The van der Waals surface area contributed by atoms with Crippen LogP contribution in [0.3, 0.4) is 0 Å². The van der Waals surface area contributed by atoms with E-state index in [9.17, 15) is 9.59 Å². The lowest BCUT2D eigenvalue weighted by Crippen LogP contribution is -2.55. The molecule has 3 aromatic rings. The summed E-state index contributed by atoms with van der Waals surface area (Å²) >= 11 is 0. The van der Waals surface area contributed by atoms with Crippen molar-refractivity contribution in [3.63, 3.8) is 0 Å². The summed E-state index contributed by atoms with van der Waals surface area (Å²) in [5, 5.41) is 3.08. The van der Waals surface area contributed by atoms with Crippen LogP contribution in [0.4, 0.5) is 0 Å². The summed E-state index contributed by atoms with van der Waals surface area (Å²) in [6.45, 7) is 3.85. The predicted octanol–water partition coefficient (Wildman–Crippen LogP) is 4.71. The molecule has 1 fully saturated rings. The average Bonchev–Trinajstić information content (AvgIpc) is 3.26. The van der Waals surface area contributed by atoms with E-state index in [0.717, 1.165) is 23.1 Å². The largest absolute Gasteiger partial charge is 0.372 e. The Kier molecular flexibility index (Phi) is 7.20. The average molecular weight is 443 g/mol. The van der Waals surface area contributed by atoms with Crippen molar-refractivity contribution in [2.45, 2.75) is 45.1 Å². The molecular formula is C28H30N2O3. The van der Waals surface area contributed by atoms with Gasteiger partial charge in [-0.05, 0) is 48.6 Å². The summed E-state index contributed by atoms with van der Waals surface area (Å²) in [4.78, 5) is 28.0. The minimum Gasteiger partial charge on any atom is -0.372 e. The van der Waals surface area contributed by atoms with Crippen molar-refractivity contribution in [2.75, 3.05) is 6.54 Å². The smallest absolute Gasteiger partial charge is 0.254 e. The first-order valence-corrected chi connectivity index (χ1v) is 11.4. The number of hydrogen-bond donors (Lipinski definition) is 1. The fourth-order valence-corrected chi connectivity index (χ4v) is 4.35. The Hall–Kier alpha value is -3.44. The number of carbonyl (C=O) groups excluding carboxylic acids is 2. The molecule has 170 valence electrons. The van der Waals surface area contributed by atoms with Crippen LogP contribution < -0.4 is 5.32 Å². The van der Waals surface area contributed by atoms with Gasteiger partial charge in [0.1, 0.15) is 5.54 Å². The van der Waals surface area contributed by atoms with Crippen LogP contribution >= 0.6 is 0 Å². The second-order valence-corrected chi connectivity index (χ2v) is 8.63. The van der Waals surface area contributed by atoms with Crippen LogP contribution in [0.1, 0.15) is 46.8 Å². The Morgan fingerprint density at radius 1 is 0.879 bits per heavy atom. The first kappa shape index (κ1) is 22.7. The van der Waals surface area contributed by atoms with Crippen molar-refractivity contribution in [1.82, 2.24) is 10.2 Å². The molecule has 33 heavy (non-hydrogen) atoms. The maximum Gasteiger partial charge on any atom is 0.254 e. The van der Waals surface area contributed by atoms with Gasteiger partial charge in [-0.25, -0.2) is 0 Å². The molecule has 1 unspecified atom stereocenters. The molecule has 1 N–H and O–H groups in total. The van der Waals surface area contributed by atoms with E-state index in [1.165, 1.54) is 0 Å². The fraction of sp³-hybridized carbons (Fsp3) is 0.286. The number of nitrogens with zero attached hydrogens (tertiary/aromatic N) is 1. The van der Waals surface area contributed by atoms with E-state index in [2.05, 4.69) is 5.32 Å². The second-order valence-electron chi connectivity index (χ2n) is 8.63. The topological polar surface area (TPSA) is 58.6 Å². The molecule has 1 saturated heterocycles. The Balaban J connectivity index is 1.38. The predicted molar refractivity (Wildman–Crippen MR) is 128 cm³/mol. The fourth-order valence-electron chi connectivity index (χ4n) is 4.35. The van der Waals surface area contributed by atoms with Crippen molar-refractivity contribution in [3.8, 4) is 0 Å². The number of ether oxygens (including phenoxy) is 1. The molecule has 0 aromatic heterocycles. The Morgan fingerprint density at radius 3 is 2.24 bits per heavy atom. The van der Waals surface area contributed by atoms with Crippen LogP contribution in [0.5, 0.6) is 0 Å². The van der Waals surface area contributed by atoms with Gasteiger partial charge in [0.25, 0.3) is 5.91 Å². The third-order valence-corrected chi connectivity index (χ3v) is 6.32. The first-order valence-electron chi connectivity index (χ1n) is 11.4. The molecule has 0 spiro atoms. The van der Waals surface area contributed by atoms with E-state index in [-0.39, 0.29) is 11.8 Å². The molecule has 1 atom stereocenters. The lowest BCUT2D eigenvalue weighted by molar-refractivity contribution is -0.130. The standard InChI is InChI=1S/C28H30N2O3/c1-28(17-10-18-30(28)26(31)23-13-6-3-7-14-23)27(32)29-19-24-15-8-9-16-25(24)21-33-20-22-11-4-2-5-12-22/h2-9,11-16H,10,17-21H2,1H3,(H,29,32). The summed E-state index contributed by atoms with van der Waals surface area (Å²) in [6.07, 6.45) is 1.46. The van der Waals surface area contributed by atoms with Crippen LogP contribution in [0.2, 0.25) is 0 Å². The molecule has 1 aliphatic heterocycles. The minimum atomic E-state index is -0.855. The van der Waals surface area contributed by atoms with E-state index in [1.807, 2.05) is 79.7 Å². The molecule has 4 rings (SSSR count). The van der Waals surface area contributed by atoms with Crippen molar-refractivity contribution in [2.24, 2.45) is 0 Å². The van der Waals surface area contributed by atoms with Gasteiger partial charge in [-0.15, -0.1) is 0 Å². The van der Waals surface area contributed by atoms with Crippen molar-refractivity contribution in [3.05, 3.63) is 107 Å². The van der Waals surface area contributed by atoms with Gasteiger partial charge in [-0.1, -0.05) is 72.8 Å². The lowest BCUT2D eigenvalue weighted by Gasteiger charge is -2.34. The number of carbonyl (C=O) groups is 2. The molecular weight excluding hydrogens is 412 g/mol. The molecule has 5 heteroatoms. The highest BCUT2D eigenvalue weighted by Gasteiger charge is 2.45. The third-order valence-electron chi connectivity index (χ3n) is 6.32. The molecule has 2 amide bonds. The summed E-state index contributed by atoms with van der Waals surface area (Å²) in [5.74, 6) is -0.218. The number of amides is 2. The van der Waals surface area contributed by atoms with Gasteiger partial charge < -0.3 is 15.0 Å². The lowest BCUT2D eigenvalue weighted by atomic mass is 9.96. The maximum atomic E-state index is 13.3. The first-order chi connectivity index (χ1) is 16.1. The number of benzene rings is 3. The van der Waals surface area contributed by atoms with Gasteiger partial charge in [-0.3, -0.25) is 9.59 Å². The van der Waals surface area contributed by atoms with Gasteiger partial charge in [0.15, 0.2) is 0 Å². The number of hydrogen-bond acceptors (Lipinski definition) is 3. The van der Waals surface area contributed by atoms with E-state index in [4.69, 9.17) is 4.74 Å². The quantitative estimate of drug-likeness (QED) is 0.549. The van der Waals surface area contributed by atoms with E-state index in [0.29, 0.717) is 38.3 Å². The molecule has 0 aliphatic carbocycles. The van der Waals surface area contributed by atoms with Crippen LogP contribution in [-0.2, 0) is 29.3 Å². The zero-order chi connectivity index (χ0) is 23.1. The van der Waals surface area contributed by atoms with Gasteiger partial charge in [-0.2, -0.15) is 0 Å². The molecule has 0 radical (unpaired) electrons. The van der Waals surface area contributed by atoms with Crippen LogP contribution in [0.25, 0.3) is 0 Å². The van der Waals surface area contributed by atoms with Gasteiger partial charge in [0.2, 0.25) is 5.91 Å². The van der Waals surface area contributed by atoms with Gasteiger partial charge in [0, 0.05) is 18.7 Å². The van der Waals surface area contributed by atoms with Gasteiger partial charge >= 0.3 is 0 Å². The highest BCUT2D eigenvalue weighted by Crippen LogP contribution is 2.31. The second kappa shape index (κ2) is 10.5. The van der Waals surface area contributed by atoms with Crippen LogP contribution in [0, 0.1) is 0 Å². The van der Waals surface area contributed by atoms with E-state index >= 15 is 0 Å². The monoisotopic (exact) mass is 442 g/mol. The Bertz CT molecular complexity index is 1080. The summed E-state index contributed by atoms with van der Waals surface area (Å²) in [5.41, 5.74) is 2.94. The number of nitrogens with one attached hydrogen (secondary N) is 1. The summed E-state index contributed by atoms with van der Waals surface area (Å²) < 4.78 is 5.90. The zero-order valence-corrected chi connectivity index (χ0v) is 19.0. The molecule has 0 saturated carbocycles. The SMILES string of the molecule is CC1(C(=O)NCc2ccccc2COCc2ccccc2)CCCN1C(=O)c1ccccc1. The van der Waals surface area contributed by atoms with Crippen molar-refractivity contribution >= 4 is 11.8 Å². The minimum absolute atomic E-state index is 0.0968. The van der Waals surface area contributed by atoms with Crippen LogP contribution in [0.15, 0.2) is 84.9 Å².